The molecule has 0 aliphatic carbocycles. The van der Waals surface area contributed by atoms with E-state index >= 15 is 0 Å². The third kappa shape index (κ3) is 6.03. The van der Waals surface area contributed by atoms with Gasteiger partial charge in [-0.05, 0) is 43.5 Å². The van der Waals surface area contributed by atoms with E-state index < -0.39 is 5.97 Å². The van der Waals surface area contributed by atoms with Crippen LogP contribution >= 0.6 is 11.3 Å². The van der Waals surface area contributed by atoms with Crippen LogP contribution in [-0.4, -0.2) is 49.0 Å². The van der Waals surface area contributed by atoms with Crippen molar-refractivity contribution >= 4 is 35.3 Å². The van der Waals surface area contributed by atoms with Crippen LogP contribution in [0.15, 0.2) is 48.5 Å². The number of amides is 1. The smallest absolute Gasteiger partial charge is 0.331 e. The average molecular weight is 428 g/mol. The lowest BCUT2D eigenvalue weighted by Crippen LogP contribution is -2.42. The summed E-state index contributed by atoms with van der Waals surface area (Å²) in [5.74, 6) is -1.17. The maximum Gasteiger partial charge on any atom is 0.331 e. The fourth-order valence-electron chi connectivity index (χ4n) is 3.25. The molecule has 1 aliphatic rings. The molecule has 1 aromatic carbocycles. The minimum Gasteiger partial charge on any atom is -0.466 e. The molecule has 0 saturated carbocycles. The van der Waals surface area contributed by atoms with Gasteiger partial charge in [0.05, 0.1) is 12.5 Å². The number of thiophene rings is 1. The molecular weight excluding hydrogens is 402 g/mol. The Hall–Kier alpha value is -2.93. The molecule has 158 valence electrons. The van der Waals surface area contributed by atoms with Crippen molar-refractivity contribution in [2.24, 2.45) is 5.92 Å². The standard InChI is InChI=1S/C23H25NO5S/c1-2-28-23(27)18-12-14-24(15-13-18)21(25)16-29-22(26)11-9-19-8-10-20(30-19)17-6-4-3-5-7-17/h3-11,18H,2,12-16H2,1H3/b11-9+. The lowest BCUT2D eigenvalue weighted by molar-refractivity contribution is -0.153. The molecule has 30 heavy (non-hydrogen) atoms. The Morgan fingerprint density at radius 1 is 1.07 bits per heavy atom. The predicted octanol–water partition coefficient (Wildman–Crippen LogP) is 3.77. The molecule has 0 spiro atoms. The first-order valence-electron chi connectivity index (χ1n) is 10.0. The van der Waals surface area contributed by atoms with Gasteiger partial charge in [0, 0.05) is 28.9 Å². The molecule has 2 aromatic rings. The van der Waals surface area contributed by atoms with Crippen molar-refractivity contribution in [2.45, 2.75) is 19.8 Å². The fraction of sp³-hybridized carbons (Fsp3) is 0.348. The first-order chi connectivity index (χ1) is 14.6. The molecule has 7 heteroatoms. The molecule has 0 radical (unpaired) electrons. The Morgan fingerprint density at radius 3 is 2.50 bits per heavy atom. The van der Waals surface area contributed by atoms with Crippen LogP contribution in [0.3, 0.4) is 0 Å². The van der Waals surface area contributed by atoms with E-state index in [9.17, 15) is 14.4 Å². The molecule has 1 fully saturated rings. The number of carbonyl (C=O) groups is 3. The van der Waals surface area contributed by atoms with E-state index in [1.54, 1.807) is 29.2 Å². The van der Waals surface area contributed by atoms with Crippen LogP contribution in [0, 0.1) is 5.92 Å². The zero-order valence-electron chi connectivity index (χ0n) is 16.9. The highest BCUT2D eigenvalue weighted by atomic mass is 32.1. The van der Waals surface area contributed by atoms with Gasteiger partial charge in [0.2, 0.25) is 0 Å². The van der Waals surface area contributed by atoms with Crippen LogP contribution < -0.4 is 0 Å². The van der Waals surface area contributed by atoms with Crippen molar-refractivity contribution < 1.29 is 23.9 Å². The van der Waals surface area contributed by atoms with Crippen molar-refractivity contribution in [2.75, 3.05) is 26.3 Å². The summed E-state index contributed by atoms with van der Waals surface area (Å²) in [6, 6.07) is 14.0. The third-order valence-electron chi connectivity index (χ3n) is 4.87. The van der Waals surface area contributed by atoms with Gasteiger partial charge < -0.3 is 14.4 Å². The summed E-state index contributed by atoms with van der Waals surface area (Å²) in [7, 11) is 0. The van der Waals surface area contributed by atoms with Crippen LogP contribution in [0.2, 0.25) is 0 Å². The topological polar surface area (TPSA) is 72.9 Å². The summed E-state index contributed by atoms with van der Waals surface area (Å²) in [6.45, 7) is 2.77. The van der Waals surface area contributed by atoms with Gasteiger partial charge in [-0.2, -0.15) is 0 Å². The van der Waals surface area contributed by atoms with Gasteiger partial charge in [-0.15, -0.1) is 11.3 Å². The highest BCUT2D eigenvalue weighted by molar-refractivity contribution is 7.16. The molecule has 6 nitrogen and oxygen atoms in total. The van der Waals surface area contributed by atoms with Crippen molar-refractivity contribution in [3.63, 3.8) is 0 Å². The highest BCUT2D eigenvalue weighted by Gasteiger charge is 2.28. The summed E-state index contributed by atoms with van der Waals surface area (Å²) < 4.78 is 10.1. The van der Waals surface area contributed by atoms with E-state index in [2.05, 4.69) is 0 Å². The number of piperidine rings is 1. The Kier molecular flexibility index (Phi) is 7.79. The second-order valence-corrected chi connectivity index (χ2v) is 8.03. The lowest BCUT2D eigenvalue weighted by atomic mass is 9.97. The number of esters is 2. The van der Waals surface area contributed by atoms with Crippen LogP contribution in [0.1, 0.15) is 24.6 Å². The predicted molar refractivity (Wildman–Crippen MR) is 116 cm³/mol. The van der Waals surface area contributed by atoms with Crippen molar-refractivity contribution in [3.05, 3.63) is 53.4 Å². The molecule has 0 bridgehead atoms. The lowest BCUT2D eigenvalue weighted by Gasteiger charge is -2.30. The van der Waals surface area contributed by atoms with E-state index in [4.69, 9.17) is 9.47 Å². The number of nitrogens with zero attached hydrogens (tertiary/aromatic N) is 1. The van der Waals surface area contributed by atoms with Gasteiger partial charge in [-0.3, -0.25) is 9.59 Å². The van der Waals surface area contributed by atoms with Crippen molar-refractivity contribution in [1.82, 2.24) is 4.90 Å². The Morgan fingerprint density at radius 2 is 1.80 bits per heavy atom. The average Bonchev–Trinajstić information content (AvgIpc) is 3.26. The number of hydrogen-bond donors (Lipinski definition) is 0. The van der Waals surface area contributed by atoms with E-state index in [0.29, 0.717) is 32.5 Å². The molecule has 2 heterocycles. The van der Waals surface area contributed by atoms with Gasteiger partial charge >= 0.3 is 11.9 Å². The first-order valence-corrected chi connectivity index (χ1v) is 10.8. The number of carbonyl (C=O) groups excluding carboxylic acids is 3. The van der Waals surface area contributed by atoms with Gasteiger partial charge in [0.15, 0.2) is 6.61 Å². The number of ether oxygens (including phenoxy) is 2. The van der Waals surface area contributed by atoms with Crippen LogP contribution in [0.25, 0.3) is 16.5 Å². The molecule has 0 unspecified atom stereocenters. The fourth-order valence-corrected chi connectivity index (χ4v) is 4.16. The number of hydrogen-bond acceptors (Lipinski definition) is 6. The second kappa shape index (κ2) is 10.7. The minimum atomic E-state index is -0.556. The van der Waals surface area contributed by atoms with Gasteiger partial charge in [-0.1, -0.05) is 30.3 Å². The Bertz CT molecular complexity index is 897. The largest absolute Gasteiger partial charge is 0.466 e. The molecule has 1 aromatic heterocycles. The summed E-state index contributed by atoms with van der Waals surface area (Å²) in [5, 5.41) is 0. The number of rotatable bonds is 7. The molecule has 0 atom stereocenters. The molecule has 1 amide bonds. The summed E-state index contributed by atoms with van der Waals surface area (Å²) in [6.07, 6.45) is 4.16. The van der Waals surface area contributed by atoms with E-state index in [0.717, 1.165) is 15.3 Å². The van der Waals surface area contributed by atoms with Crippen LogP contribution in [0.4, 0.5) is 0 Å². The molecule has 1 saturated heterocycles. The SMILES string of the molecule is CCOC(=O)C1CCN(C(=O)COC(=O)/C=C/c2ccc(-c3ccccc3)s2)CC1. The van der Waals surface area contributed by atoms with E-state index in [1.807, 2.05) is 42.5 Å². The molecule has 1 aliphatic heterocycles. The van der Waals surface area contributed by atoms with E-state index in [-0.39, 0.29) is 24.4 Å². The minimum absolute atomic E-state index is 0.161. The molecule has 3 rings (SSSR count). The van der Waals surface area contributed by atoms with Crippen LogP contribution in [-0.2, 0) is 23.9 Å². The van der Waals surface area contributed by atoms with E-state index in [1.165, 1.54) is 6.08 Å². The first kappa shape index (κ1) is 21.8. The maximum atomic E-state index is 12.2. The summed E-state index contributed by atoms with van der Waals surface area (Å²) in [4.78, 5) is 39.6. The Labute approximate surface area is 180 Å². The summed E-state index contributed by atoms with van der Waals surface area (Å²) >= 11 is 1.57. The highest BCUT2D eigenvalue weighted by Crippen LogP contribution is 2.28. The van der Waals surface area contributed by atoms with Crippen molar-refractivity contribution in [1.29, 1.82) is 0 Å². The molecule has 0 N–H and O–H groups in total. The number of benzene rings is 1. The quantitative estimate of drug-likeness (QED) is 0.497. The monoisotopic (exact) mass is 427 g/mol. The zero-order chi connectivity index (χ0) is 21.3. The zero-order valence-corrected chi connectivity index (χ0v) is 17.7. The van der Waals surface area contributed by atoms with Crippen LogP contribution in [0.5, 0.6) is 0 Å². The second-order valence-electron chi connectivity index (χ2n) is 6.92. The van der Waals surface area contributed by atoms with Gasteiger partial charge in [0.1, 0.15) is 0 Å². The normalized spacial score (nSPS) is 14.6. The molecular formula is C23H25NO5S. The third-order valence-corrected chi connectivity index (χ3v) is 5.97. The summed E-state index contributed by atoms with van der Waals surface area (Å²) in [5.41, 5.74) is 1.13. The van der Waals surface area contributed by atoms with Crippen molar-refractivity contribution in [3.8, 4) is 10.4 Å². The Balaban J connectivity index is 1.42. The maximum absolute atomic E-state index is 12.2. The van der Waals surface area contributed by atoms with Gasteiger partial charge in [0.25, 0.3) is 5.91 Å². The van der Waals surface area contributed by atoms with Gasteiger partial charge in [-0.25, -0.2) is 4.79 Å². The number of likely N-dealkylation sites (tertiary alicyclic amines) is 1.